The molecule has 1 aliphatic rings. The van der Waals surface area contributed by atoms with Crippen LogP contribution in [0.15, 0.2) is 12.3 Å². The maximum atomic E-state index is 13.7. The van der Waals surface area contributed by atoms with Crippen LogP contribution in [0.5, 0.6) is 0 Å². The minimum Gasteiger partial charge on any atom is -0.308 e. The third kappa shape index (κ3) is 2.26. The highest BCUT2D eigenvalue weighted by Gasteiger charge is 2.25. The van der Waals surface area contributed by atoms with Gasteiger partial charge in [0.1, 0.15) is 5.69 Å². The summed E-state index contributed by atoms with van der Waals surface area (Å²) in [5, 5.41) is 10.1. The molecule has 2 aromatic rings. The lowest BCUT2D eigenvalue weighted by atomic mass is 10.2. The van der Waals surface area contributed by atoms with Crippen molar-refractivity contribution in [2.45, 2.75) is 25.4 Å². The van der Waals surface area contributed by atoms with Crippen LogP contribution >= 0.6 is 0 Å². The highest BCUT2D eigenvalue weighted by atomic mass is 19.2. The minimum absolute atomic E-state index is 0.160. The summed E-state index contributed by atoms with van der Waals surface area (Å²) >= 11 is 0. The van der Waals surface area contributed by atoms with Crippen LogP contribution in [0.3, 0.4) is 0 Å². The van der Waals surface area contributed by atoms with Gasteiger partial charge in [0.25, 0.3) is 0 Å². The number of halogens is 4. The van der Waals surface area contributed by atoms with E-state index < -0.39 is 29.0 Å². The maximum absolute atomic E-state index is 13.7. The van der Waals surface area contributed by atoms with Crippen molar-refractivity contribution < 1.29 is 17.6 Å². The van der Waals surface area contributed by atoms with Gasteiger partial charge >= 0.3 is 0 Å². The van der Waals surface area contributed by atoms with E-state index in [-0.39, 0.29) is 12.6 Å². The third-order valence-electron chi connectivity index (χ3n) is 3.07. The molecule has 1 fully saturated rings. The Labute approximate surface area is 111 Å². The molecule has 1 N–H and O–H groups in total. The van der Waals surface area contributed by atoms with Crippen molar-refractivity contribution in [1.29, 1.82) is 0 Å². The molecule has 4 nitrogen and oxygen atoms in total. The fourth-order valence-electron chi connectivity index (χ4n) is 1.85. The number of aromatic nitrogens is 3. The smallest absolute Gasteiger partial charge is 0.187 e. The van der Waals surface area contributed by atoms with E-state index in [1.54, 1.807) is 0 Å². The molecule has 0 unspecified atom stereocenters. The molecule has 0 spiro atoms. The molecule has 0 bridgehead atoms. The van der Waals surface area contributed by atoms with E-state index in [0.717, 1.165) is 17.5 Å². The average Bonchev–Trinajstić information content (AvgIpc) is 3.14. The van der Waals surface area contributed by atoms with Crippen LogP contribution in [0.2, 0.25) is 0 Å². The zero-order valence-corrected chi connectivity index (χ0v) is 10.2. The number of hydrogen-bond acceptors (Lipinski definition) is 3. The summed E-state index contributed by atoms with van der Waals surface area (Å²) in [6, 6.07) is 0.519. The summed E-state index contributed by atoms with van der Waals surface area (Å²) in [4.78, 5) is 0. The Kier molecular flexibility index (Phi) is 3.17. The molecule has 0 amide bonds. The van der Waals surface area contributed by atoms with Crippen LogP contribution in [0, 0.1) is 23.3 Å². The van der Waals surface area contributed by atoms with E-state index in [1.807, 2.05) is 0 Å². The van der Waals surface area contributed by atoms with Crippen LogP contribution in [0.4, 0.5) is 17.6 Å². The fraction of sp³-hybridized carbons (Fsp3) is 0.333. The summed E-state index contributed by atoms with van der Waals surface area (Å²) < 4.78 is 54.6. The predicted octanol–water partition coefficient (Wildman–Crippen LogP) is 2.08. The van der Waals surface area contributed by atoms with Gasteiger partial charge in [0.15, 0.2) is 23.3 Å². The van der Waals surface area contributed by atoms with Crippen molar-refractivity contribution in [3.05, 3.63) is 41.2 Å². The SMILES string of the molecule is Fc1cc(F)c(F)c(-n2nncc2CNC2CC2)c1F. The monoisotopic (exact) mass is 286 g/mol. The van der Waals surface area contributed by atoms with E-state index in [0.29, 0.717) is 11.7 Å². The largest absolute Gasteiger partial charge is 0.308 e. The van der Waals surface area contributed by atoms with E-state index in [9.17, 15) is 17.6 Å². The molecular formula is C12H10F4N4. The molecule has 20 heavy (non-hydrogen) atoms. The first-order valence-corrected chi connectivity index (χ1v) is 6.04. The number of benzene rings is 1. The molecule has 1 aliphatic carbocycles. The van der Waals surface area contributed by atoms with Crippen molar-refractivity contribution in [3.8, 4) is 5.69 Å². The molecule has 0 aliphatic heterocycles. The molecule has 1 aromatic carbocycles. The lowest BCUT2D eigenvalue weighted by molar-refractivity contribution is 0.441. The van der Waals surface area contributed by atoms with Gasteiger partial charge in [-0.1, -0.05) is 5.21 Å². The zero-order valence-electron chi connectivity index (χ0n) is 10.2. The zero-order chi connectivity index (χ0) is 14.3. The Balaban J connectivity index is 2.02. The third-order valence-corrected chi connectivity index (χ3v) is 3.07. The van der Waals surface area contributed by atoms with E-state index in [4.69, 9.17) is 0 Å². The second-order valence-electron chi connectivity index (χ2n) is 4.61. The molecule has 0 saturated heterocycles. The van der Waals surface area contributed by atoms with Gasteiger partial charge in [-0.05, 0) is 12.8 Å². The van der Waals surface area contributed by atoms with Gasteiger partial charge in [0.2, 0.25) is 0 Å². The standard InChI is InChI=1S/C12H10F4N4/c13-8-3-9(14)11(16)12(10(8)15)20-7(5-18-19-20)4-17-6-1-2-6/h3,5-6,17H,1-2,4H2. The van der Waals surface area contributed by atoms with Crippen molar-refractivity contribution in [2.75, 3.05) is 0 Å². The van der Waals surface area contributed by atoms with Gasteiger partial charge in [-0.2, -0.15) is 0 Å². The summed E-state index contributed by atoms with van der Waals surface area (Å²) in [6.07, 6.45) is 3.34. The van der Waals surface area contributed by atoms with Crippen LogP contribution in [-0.2, 0) is 6.54 Å². The predicted molar refractivity (Wildman–Crippen MR) is 61.1 cm³/mol. The summed E-state index contributed by atoms with van der Waals surface area (Å²) in [6.45, 7) is 0.259. The first-order chi connectivity index (χ1) is 9.58. The molecule has 1 saturated carbocycles. The van der Waals surface area contributed by atoms with Crippen molar-refractivity contribution >= 4 is 0 Å². The Hall–Kier alpha value is -1.96. The summed E-state index contributed by atoms with van der Waals surface area (Å²) in [5.74, 6) is -5.95. The summed E-state index contributed by atoms with van der Waals surface area (Å²) in [7, 11) is 0. The lowest BCUT2D eigenvalue weighted by Gasteiger charge is -2.10. The van der Waals surface area contributed by atoms with Crippen LogP contribution < -0.4 is 5.32 Å². The molecule has 0 atom stereocenters. The summed E-state index contributed by atoms with van der Waals surface area (Å²) in [5.41, 5.74) is -0.577. The van der Waals surface area contributed by atoms with Crippen molar-refractivity contribution in [1.82, 2.24) is 20.3 Å². The van der Waals surface area contributed by atoms with Crippen molar-refractivity contribution in [3.63, 3.8) is 0 Å². The van der Waals surface area contributed by atoms with E-state index >= 15 is 0 Å². The van der Waals surface area contributed by atoms with Crippen LogP contribution in [0.1, 0.15) is 18.5 Å². The van der Waals surface area contributed by atoms with Crippen LogP contribution in [0.25, 0.3) is 5.69 Å². The average molecular weight is 286 g/mol. The Bertz CT molecular complexity index is 625. The molecular weight excluding hydrogens is 276 g/mol. The van der Waals surface area contributed by atoms with Gasteiger partial charge in [-0.15, -0.1) is 5.10 Å². The lowest BCUT2D eigenvalue weighted by Crippen LogP contribution is -2.19. The van der Waals surface area contributed by atoms with Gasteiger partial charge in [0.05, 0.1) is 11.9 Å². The van der Waals surface area contributed by atoms with E-state index in [2.05, 4.69) is 15.6 Å². The number of nitrogens with one attached hydrogen (secondary N) is 1. The van der Waals surface area contributed by atoms with Crippen molar-refractivity contribution in [2.24, 2.45) is 0 Å². The molecule has 1 heterocycles. The van der Waals surface area contributed by atoms with Gasteiger partial charge < -0.3 is 5.32 Å². The number of rotatable bonds is 4. The van der Waals surface area contributed by atoms with Gasteiger partial charge in [-0.25, -0.2) is 22.2 Å². The Morgan fingerprint density at radius 2 is 1.80 bits per heavy atom. The molecule has 0 radical (unpaired) electrons. The molecule has 3 rings (SSSR count). The molecule has 1 aromatic heterocycles. The molecule has 106 valence electrons. The first kappa shape index (κ1) is 13.0. The normalized spacial score (nSPS) is 14.8. The fourth-order valence-corrected chi connectivity index (χ4v) is 1.85. The second kappa shape index (κ2) is 4.86. The topological polar surface area (TPSA) is 42.7 Å². The second-order valence-corrected chi connectivity index (χ2v) is 4.61. The Morgan fingerprint density at radius 1 is 1.15 bits per heavy atom. The maximum Gasteiger partial charge on any atom is 0.187 e. The number of hydrogen-bond donors (Lipinski definition) is 1. The minimum atomic E-state index is -1.50. The highest BCUT2D eigenvalue weighted by molar-refractivity contribution is 5.37. The Morgan fingerprint density at radius 3 is 2.40 bits per heavy atom. The van der Waals surface area contributed by atoms with Crippen LogP contribution in [-0.4, -0.2) is 21.0 Å². The van der Waals surface area contributed by atoms with Gasteiger partial charge in [-0.3, -0.25) is 0 Å². The van der Waals surface area contributed by atoms with Gasteiger partial charge in [0, 0.05) is 18.7 Å². The quantitative estimate of drug-likeness (QED) is 0.691. The first-order valence-electron chi connectivity index (χ1n) is 6.04. The van der Waals surface area contributed by atoms with E-state index in [1.165, 1.54) is 6.20 Å². The molecule has 8 heteroatoms. The number of nitrogens with zero attached hydrogens (tertiary/aromatic N) is 3. The highest BCUT2D eigenvalue weighted by Crippen LogP contribution is 2.24.